The predicted molar refractivity (Wildman–Crippen MR) is 302 cm³/mol. The highest BCUT2D eigenvalue weighted by molar-refractivity contribution is 6.22. The average molecular weight is 934 g/mol. The van der Waals surface area contributed by atoms with Crippen molar-refractivity contribution in [1.82, 2.24) is 4.58 Å². The molecule has 4 nitrogen and oxygen atoms in total. The Kier molecular flexibility index (Phi) is 9.21. The average Bonchev–Trinajstić information content (AvgIpc) is 4.24. The number of hydrogen-bond donors (Lipinski definition) is 0. The lowest BCUT2D eigenvalue weighted by Gasteiger charge is -2.35. The van der Waals surface area contributed by atoms with Crippen LogP contribution < -0.4 is 9.48 Å². The minimum absolute atomic E-state index is 0.754. The van der Waals surface area contributed by atoms with E-state index in [9.17, 15) is 0 Å². The van der Waals surface area contributed by atoms with Crippen LogP contribution >= 0.6 is 0 Å². The van der Waals surface area contributed by atoms with Crippen molar-refractivity contribution in [3.63, 3.8) is 0 Å². The fourth-order valence-electron chi connectivity index (χ4n) is 12.2. The van der Waals surface area contributed by atoms with Crippen LogP contribution in [0.2, 0.25) is 0 Å². The van der Waals surface area contributed by atoms with Gasteiger partial charge in [-0.25, -0.2) is 0 Å². The third-order valence-corrected chi connectivity index (χ3v) is 15.4. The Bertz CT molecular complexity index is 4270. The first-order chi connectivity index (χ1) is 36.2. The number of para-hydroxylation sites is 3. The fraction of sp³-hybridized carbons (Fsp3) is 0.0290. The predicted octanol–water partition coefficient (Wildman–Crippen LogP) is 18.1. The van der Waals surface area contributed by atoms with Crippen molar-refractivity contribution in [3.05, 3.63) is 283 Å². The maximum absolute atomic E-state index is 7.35. The first kappa shape index (κ1) is 41.3. The van der Waals surface area contributed by atoms with Crippen molar-refractivity contribution in [3.8, 4) is 33.4 Å². The third-order valence-electron chi connectivity index (χ3n) is 15.4. The lowest BCUT2D eigenvalue weighted by atomic mass is 9.67. The second-order valence-corrected chi connectivity index (χ2v) is 19.3. The number of nitrogens with zero attached hydrogens (tertiary/aromatic N) is 2. The Hall–Kier alpha value is -9.51. The second-order valence-electron chi connectivity index (χ2n) is 19.3. The van der Waals surface area contributed by atoms with Gasteiger partial charge in [0.15, 0.2) is 6.21 Å². The number of hydrogen-bond acceptors (Lipinski definition) is 3. The van der Waals surface area contributed by atoms with E-state index < -0.39 is 5.41 Å². The van der Waals surface area contributed by atoms with Crippen LogP contribution in [0.1, 0.15) is 27.8 Å². The van der Waals surface area contributed by atoms with Crippen LogP contribution in [0, 0.1) is 0 Å². The van der Waals surface area contributed by atoms with Gasteiger partial charge < -0.3 is 13.7 Å². The van der Waals surface area contributed by atoms with Crippen LogP contribution in [-0.4, -0.2) is 6.21 Å². The van der Waals surface area contributed by atoms with Gasteiger partial charge in [0.25, 0.3) is 0 Å². The van der Waals surface area contributed by atoms with Gasteiger partial charge in [0.2, 0.25) is 11.4 Å². The highest BCUT2D eigenvalue weighted by Gasteiger charge is 2.50. The molecule has 2 aliphatic rings. The summed E-state index contributed by atoms with van der Waals surface area (Å²) in [5, 5.41) is 4.27. The first-order valence-corrected chi connectivity index (χ1v) is 25.1. The van der Waals surface area contributed by atoms with Gasteiger partial charge in [-0.3, -0.25) is 0 Å². The smallest absolute Gasteiger partial charge is 0.214 e. The molecule has 1 aliphatic heterocycles. The summed E-state index contributed by atoms with van der Waals surface area (Å²) in [7, 11) is 0. The van der Waals surface area contributed by atoms with Gasteiger partial charge in [-0.15, -0.1) is 0 Å². The summed E-state index contributed by atoms with van der Waals surface area (Å²) in [6.07, 6.45) is 3.17. The Morgan fingerprint density at radius 2 is 0.918 bits per heavy atom. The molecule has 0 atom stereocenters. The topological polar surface area (TPSA) is 32.5 Å². The van der Waals surface area contributed by atoms with E-state index in [0.717, 1.165) is 101 Å². The first-order valence-electron chi connectivity index (χ1n) is 25.1. The SMILES string of the molecule is C1=[N+](c2ccccc2)c2ccc(-c3ccc(N(c4ccc(-c5ccccc5)cc4)c4cc5c(c6oc7ccccc7c46)-c4c(ccc6c4oc4ccccc46)C5(c4ccccc4)c4ccccc4)cc3)cc2C1. The molecule has 13 aromatic rings. The van der Waals surface area contributed by atoms with E-state index >= 15 is 0 Å². The minimum atomic E-state index is -0.754. The van der Waals surface area contributed by atoms with Gasteiger partial charge in [0.05, 0.1) is 22.9 Å². The Morgan fingerprint density at radius 3 is 1.59 bits per heavy atom. The van der Waals surface area contributed by atoms with Crippen LogP contribution in [0.15, 0.2) is 264 Å². The molecule has 0 bridgehead atoms. The van der Waals surface area contributed by atoms with E-state index in [0.29, 0.717) is 0 Å². The van der Waals surface area contributed by atoms with Gasteiger partial charge in [-0.05, 0) is 99.1 Å². The van der Waals surface area contributed by atoms with Crippen molar-refractivity contribution in [1.29, 1.82) is 0 Å². The Labute approximate surface area is 422 Å². The Morgan fingerprint density at radius 1 is 0.397 bits per heavy atom. The van der Waals surface area contributed by atoms with E-state index in [2.05, 4.69) is 270 Å². The van der Waals surface area contributed by atoms with Gasteiger partial charge >= 0.3 is 0 Å². The molecule has 0 saturated heterocycles. The van der Waals surface area contributed by atoms with Gasteiger partial charge in [-0.1, -0.05) is 182 Å². The zero-order valence-electron chi connectivity index (χ0n) is 39.7. The van der Waals surface area contributed by atoms with E-state index in [-0.39, 0.29) is 0 Å². The van der Waals surface area contributed by atoms with Crippen molar-refractivity contribution >= 4 is 78.5 Å². The fourth-order valence-corrected chi connectivity index (χ4v) is 12.2. The summed E-state index contributed by atoms with van der Waals surface area (Å²) < 4.78 is 16.7. The molecule has 3 heterocycles. The maximum Gasteiger partial charge on any atom is 0.214 e. The van der Waals surface area contributed by atoms with E-state index in [4.69, 9.17) is 8.83 Å². The molecule has 0 saturated carbocycles. The normalized spacial score (nSPS) is 13.3. The van der Waals surface area contributed by atoms with Crippen molar-refractivity contribution in [2.45, 2.75) is 11.8 Å². The van der Waals surface area contributed by atoms with Crippen molar-refractivity contribution in [2.75, 3.05) is 4.90 Å². The molecule has 4 heteroatoms. The zero-order chi connectivity index (χ0) is 48.0. The summed E-state index contributed by atoms with van der Waals surface area (Å²) in [5.41, 5.74) is 20.9. The van der Waals surface area contributed by atoms with Crippen LogP contribution in [0.4, 0.5) is 28.4 Å². The molecule has 11 aromatic carbocycles. The van der Waals surface area contributed by atoms with Crippen molar-refractivity contribution in [2.24, 2.45) is 0 Å². The number of furan rings is 2. The second kappa shape index (κ2) is 16.3. The van der Waals surface area contributed by atoms with Crippen LogP contribution in [0.3, 0.4) is 0 Å². The summed E-state index contributed by atoms with van der Waals surface area (Å²) in [6, 6.07) is 92.3. The van der Waals surface area contributed by atoms with E-state index in [1.807, 2.05) is 0 Å². The molecule has 342 valence electrons. The van der Waals surface area contributed by atoms with Crippen molar-refractivity contribution < 1.29 is 8.83 Å². The molecular weight excluding hydrogens is 889 g/mol. The molecule has 0 spiro atoms. The van der Waals surface area contributed by atoms with E-state index in [1.165, 1.54) is 39.2 Å². The maximum atomic E-state index is 7.35. The molecule has 2 aromatic heterocycles. The molecule has 15 rings (SSSR count). The molecule has 1 aliphatic carbocycles. The van der Waals surface area contributed by atoms with Crippen LogP contribution in [0.25, 0.3) is 77.3 Å². The highest BCUT2D eigenvalue weighted by atomic mass is 16.3. The molecule has 0 N–H and O–H groups in total. The quantitative estimate of drug-likeness (QED) is 0.142. The minimum Gasteiger partial charge on any atom is -0.455 e. The van der Waals surface area contributed by atoms with Gasteiger partial charge in [0, 0.05) is 62.4 Å². The molecule has 73 heavy (non-hydrogen) atoms. The number of benzene rings is 11. The zero-order valence-corrected chi connectivity index (χ0v) is 39.7. The summed E-state index contributed by atoms with van der Waals surface area (Å²) in [6.45, 7) is 0. The lowest BCUT2D eigenvalue weighted by Crippen LogP contribution is -2.28. The largest absolute Gasteiger partial charge is 0.455 e. The lowest BCUT2D eigenvalue weighted by molar-refractivity contribution is 0.665. The summed E-state index contributed by atoms with van der Waals surface area (Å²) in [4.78, 5) is 2.44. The number of rotatable bonds is 8. The summed E-state index contributed by atoms with van der Waals surface area (Å²) >= 11 is 0. The van der Waals surface area contributed by atoms with Crippen LogP contribution in [0.5, 0.6) is 0 Å². The van der Waals surface area contributed by atoms with Gasteiger partial charge in [0.1, 0.15) is 22.3 Å². The Balaban J connectivity index is 1.00. The molecule has 0 radical (unpaired) electrons. The molecule has 0 unspecified atom stereocenters. The monoisotopic (exact) mass is 933 g/mol. The van der Waals surface area contributed by atoms with Crippen LogP contribution in [-0.2, 0) is 11.8 Å². The van der Waals surface area contributed by atoms with Gasteiger partial charge in [-0.2, -0.15) is 4.58 Å². The number of fused-ring (bicyclic) bond motifs is 12. The molecule has 0 fully saturated rings. The molecule has 0 amide bonds. The highest BCUT2D eigenvalue weighted by Crippen LogP contribution is 2.62. The standard InChI is InChI=1S/C69H45N2O2/c1-5-17-45(18-6-1)46-29-34-53(35-30-46)71(54-36-31-47(32-37-54)48-33-40-60-49(43-48)41-42-70(60)52-23-11-4-12-24-52)61-44-59-66(68-64(61)57-26-14-16-28-63(57)73-68)65-58(39-38-56-55-25-13-15-27-62(55)72-67(56)65)69(59,50-19-7-2-8-20-50)51-21-9-3-10-22-51/h1-40,42-44H,41H2/q+1. The summed E-state index contributed by atoms with van der Waals surface area (Å²) in [5.74, 6) is 0. The molecular formula is C69H45N2O2+. The third kappa shape index (κ3) is 6.24. The number of anilines is 3. The van der Waals surface area contributed by atoms with E-state index in [1.54, 1.807) is 0 Å².